The molecule has 0 N–H and O–H groups in total. The Hall–Kier alpha value is -1.52. The molecular weight excluding hydrogens is 222 g/mol. The molecule has 0 atom stereocenters. The molecule has 1 heterocycles. The number of rotatable bonds is 2. The molecule has 1 aliphatic rings. The Kier molecular flexibility index (Phi) is 4.15. The van der Waals surface area contributed by atoms with Gasteiger partial charge in [0.15, 0.2) is 0 Å². The van der Waals surface area contributed by atoms with Crippen LogP contribution in [0.15, 0.2) is 12.2 Å². The number of ether oxygens (including phenoxy) is 2. The molecule has 5 heteroatoms. The predicted molar refractivity (Wildman–Crippen MR) is 62.5 cm³/mol. The summed E-state index contributed by atoms with van der Waals surface area (Å²) in [4.78, 5) is 24.0. The van der Waals surface area contributed by atoms with E-state index in [1.165, 1.54) is 13.2 Å². The van der Waals surface area contributed by atoms with Crippen molar-refractivity contribution in [3.8, 4) is 0 Å². The normalized spacial score (nSPS) is 16.8. The molecular formula is C12H19NO4. The highest BCUT2D eigenvalue weighted by molar-refractivity contribution is 5.81. The summed E-state index contributed by atoms with van der Waals surface area (Å²) in [6.45, 7) is 6.67. The maximum atomic E-state index is 11.6. The minimum absolute atomic E-state index is 0.210. The van der Waals surface area contributed by atoms with E-state index < -0.39 is 5.60 Å². The zero-order chi connectivity index (χ0) is 13.1. The molecule has 1 fully saturated rings. The fourth-order valence-corrected chi connectivity index (χ4v) is 1.39. The summed E-state index contributed by atoms with van der Waals surface area (Å²) < 4.78 is 9.69. The van der Waals surface area contributed by atoms with E-state index in [1.807, 2.05) is 20.8 Å². The van der Waals surface area contributed by atoms with Gasteiger partial charge in [-0.15, -0.1) is 0 Å². The standard InChI is InChI=1S/C12H19NO4/c1-12(2,3)17-11(15)13-7-9(8-13)5-6-10(14)16-4/h5-6,9H,7-8H2,1-4H3/b6-5+. The molecule has 1 aliphatic heterocycles. The summed E-state index contributed by atoms with van der Waals surface area (Å²) in [5.41, 5.74) is -0.468. The fourth-order valence-electron chi connectivity index (χ4n) is 1.39. The quantitative estimate of drug-likeness (QED) is 0.544. The molecule has 0 aliphatic carbocycles. The van der Waals surface area contributed by atoms with E-state index in [0.717, 1.165) is 0 Å². The first kappa shape index (κ1) is 13.5. The Morgan fingerprint density at radius 2 is 1.88 bits per heavy atom. The second kappa shape index (κ2) is 5.21. The van der Waals surface area contributed by atoms with Crippen molar-refractivity contribution in [2.45, 2.75) is 26.4 Å². The van der Waals surface area contributed by atoms with Crippen LogP contribution in [0.3, 0.4) is 0 Å². The monoisotopic (exact) mass is 241 g/mol. The van der Waals surface area contributed by atoms with Crippen LogP contribution < -0.4 is 0 Å². The zero-order valence-electron chi connectivity index (χ0n) is 10.7. The Labute approximate surface area is 101 Å². The van der Waals surface area contributed by atoms with E-state index in [4.69, 9.17) is 4.74 Å². The SMILES string of the molecule is COC(=O)/C=C/C1CN(C(=O)OC(C)(C)C)C1. The fraction of sp³-hybridized carbons (Fsp3) is 0.667. The average Bonchev–Trinajstić information content (AvgIpc) is 2.11. The smallest absolute Gasteiger partial charge is 0.410 e. The van der Waals surface area contributed by atoms with Gasteiger partial charge in [-0.05, 0) is 20.8 Å². The number of esters is 1. The van der Waals surface area contributed by atoms with Gasteiger partial charge in [0.1, 0.15) is 5.60 Å². The van der Waals surface area contributed by atoms with Gasteiger partial charge in [0.2, 0.25) is 0 Å². The van der Waals surface area contributed by atoms with Gasteiger partial charge >= 0.3 is 12.1 Å². The molecule has 96 valence electrons. The van der Waals surface area contributed by atoms with Gasteiger partial charge in [0.05, 0.1) is 7.11 Å². The lowest BCUT2D eigenvalue weighted by Crippen LogP contribution is -2.50. The first-order chi connectivity index (χ1) is 7.81. The number of methoxy groups -OCH3 is 1. The molecule has 1 saturated heterocycles. The van der Waals surface area contributed by atoms with Crippen molar-refractivity contribution >= 4 is 12.1 Å². The lowest BCUT2D eigenvalue weighted by Gasteiger charge is -2.38. The van der Waals surface area contributed by atoms with E-state index in [9.17, 15) is 9.59 Å². The third-order valence-corrected chi connectivity index (χ3v) is 2.27. The van der Waals surface area contributed by atoms with E-state index in [1.54, 1.807) is 11.0 Å². The van der Waals surface area contributed by atoms with Crippen LogP contribution in [-0.2, 0) is 14.3 Å². The molecule has 0 saturated carbocycles. The van der Waals surface area contributed by atoms with Gasteiger partial charge in [0, 0.05) is 25.1 Å². The Bertz CT molecular complexity index is 324. The molecule has 5 nitrogen and oxygen atoms in total. The Balaban J connectivity index is 2.30. The van der Waals surface area contributed by atoms with Crippen LogP contribution in [0.25, 0.3) is 0 Å². The van der Waals surface area contributed by atoms with E-state index in [2.05, 4.69) is 4.74 Å². The summed E-state index contributed by atoms with van der Waals surface area (Å²) in [6.07, 6.45) is 2.84. The molecule has 0 aromatic carbocycles. The summed E-state index contributed by atoms with van der Waals surface area (Å²) in [7, 11) is 1.33. The van der Waals surface area contributed by atoms with Crippen molar-refractivity contribution in [2.75, 3.05) is 20.2 Å². The van der Waals surface area contributed by atoms with Gasteiger partial charge in [0.25, 0.3) is 0 Å². The van der Waals surface area contributed by atoms with Crippen LogP contribution in [0.5, 0.6) is 0 Å². The van der Waals surface area contributed by atoms with Crippen molar-refractivity contribution in [1.82, 2.24) is 4.90 Å². The number of amides is 1. The summed E-state index contributed by atoms with van der Waals surface area (Å²) in [5.74, 6) is -0.165. The maximum absolute atomic E-state index is 11.6. The van der Waals surface area contributed by atoms with Crippen molar-refractivity contribution < 1.29 is 19.1 Å². The topological polar surface area (TPSA) is 55.8 Å². The predicted octanol–water partition coefficient (Wildman–Crippen LogP) is 1.58. The minimum Gasteiger partial charge on any atom is -0.466 e. The third kappa shape index (κ3) is 4.46. The highest BCUT2D eigenvalue weighted by Gasteiger charge is 2.32. The minimum atomic E-state index is -0.468. The van der Waals surface area contributed by atoms with E-state index in [0.29, 0.717) is 13.1 Å². The second-order valence-electron chi connectivity index (χ2n) is 5.03. The summed E-state index contributed by atoms with van der Waals surface area (Å²) in [5, 5.41) is 0. The van der Waals surface area contributed by atoms with E-state index in [-0.39, 0.29) is 18.0 Å². The first-order valence-corrected chi connectivity index (χ1v) is 5.56. The van der Waals surface area contributed by atoms with Gasteiger partial charge in [-0.3, -0.25) is 0 Å². The van der Waals surface area contributed by atoms with Crippen LogP contribution in [-0.4, -0.2) is 42.8 Å². The van der Waals surface area contributed by atoms with Crippen molar-refractivity contribution in [2.24, 2.45) is 5.92 Å². The molecule has 0 bridgehead atoms. The van der Waals surface area contributed by atoms with Crippen LogP contribution in [0.4, 0.5) is 4.79 Å². The summed E-state index contributed by atoms with van der Waals surface area (Å²) in [6, 6.07) is 0. The number of hydrogen-bond acceptors (Lipinski definition) is 4. The molecule has 1 amide bonds. The maximum Gasteiger partial charge on any atom is 0.410 e. The van der Waals surface area contributed by atoms with Crippen molar-refractivity contribution in [1.29, 1.82) is 0 Å². The third-order valence-electron chi connectivity index (χ3n) is 2.27. The lowest BCUT2D eigenvalue weighted by atomic mass is 10.0. The van der Waals surface area contributed by atoms with Crippen LogP contribution in [0.1, 0.15) is 20.8 Å². The molecule has 0 aromatic heterocycles. The molecule has 1 rings (SSSR count). The highest BCUT2D eigenvalue weighted by atomic mass is 16.6. The van der Waals surface area contributed by atoms with Gasteiger partial charge in [-0.1, -0.05) is 6.08 Å². The number of carbonyl (C=O) groups is 2. The van der Waals surface area contributed by atoms with Gasteiger partial charge < -0.3 is 14.4 Å². The Morgan fingerprint density at radius 3 is 2.35 bits per heavy atom. The van der Waals surface area contributed by atoms with Gasteiger partial charge in [-0.25, -0.2) is 9.59 Å². The first-order valence-electron chi connectivity index (χ1n) is 5.56. The highest BCUT2D eigenvalue weighted by Crippen LogP contribution is 2.20. The van der Waals surface area contributed by atoms with Gasteiger partial charge in [-0.2, -0.15) is 0 Å². The molecule has 0 radical (unpaired) electrons. The van der Waals surface area contributed by atoms with Crippen LogP contribution in [0, 0.1) is 5.92 Å². The van der Waals surface area contributed by atoms with E-state index >= 15 is 0 Å². The zero-order valence-corrected chi connectivity index (χ0v) is 10.7. The molecule has 0 aromatic rings. The molecule has 0 unspecified atom stereocenters. The van der Waals surface area contributed by atoms with Crippen molar-refractivity contribution in [3.05, 3.63) is 12.2 Å². The lowest BCUT2D eigenvalue weighted by molar-refractivity contribution is -0.134. The number of carbonyl (C=O) groups excluding carboxylic acids is 2. The van der Waals surface area contributed by atoms with Crippen LogP contribution in [0.2, 0.25) is 0 Å². The molecule has 17 heavy (non-hydrogen) atoms. The second-order valence-corrected chi connectivity index (χ2v) is 5.03. The van der Waals surface area contributed by atoms with Crippen LogP contribution >= 0.6 is 0 Å². The number of hydrogen-bond donors (Lipinski definition) is 0. The molecule has 0 spiro atoms. The average molecular weight is 241 g/mol. The largest absolute Gasteiger partial charge is 0.466 e. The Morgan fingerprint density at radius 1 is 1.29 bits per heavy atom. The summed E-state index contributed by atoms with van der Waals surface area (Å²) >= 11 is 0. The van der Waals surface area contributed by atoms with Crippen molar-refractivity contribution in [3.63, 3.8) is 0 Å². The number of nitrogens with zero attached hydrogens (tertiary/aromatic N) is 1. The number of likely N-dealkylation sites (tertiary alicyclic amines) is 1.